The highest BCUT2D eigenvalue weighted by Crippen LogP contribution is 2.41. The van der Waals surface area contributed by atoms with Crippen molar-refractivity contribution in [3.8, 4) is 11.6 Å². The molecule has 1 amide bonds. The average molecular weight is 415 g/mol. The lowest BCUT2D eigenvalue weighted by Gasteiger charge is -2.28. The second-order valence-corrected chi connectivity index (χ2v) is 7.45. The van der Waals surface area contributed by atoms with Crippen LogP contribution < -0.4 is 10.1 Å². The van der Waals surface area contributed by atoms with E-state index in [-0.39, 0.29) is 22.7 Å². The van der Waals surface area contributed by atoms with Gasteiger partial charge in [0, 0.05) is 29.9 Å². The zero-order valence-electron chi connectivity index (χ0n) is 16.2. The van der Waals surface area contributed by atoms with Crippen LogP contribution in [0.15, 0.2) is 35.2 Å². The number of nitrogens with one attached hydrogen (secondary N) is 1. The molecule has 8 heteroatoms. The lowest BCUT2D eigenvalue weighted by atomic mass is 9.79. The monoisotopic (exact) mass is 414 g/mol. The number of nitrogens with zero attached hydrogens (tertiary/aromatic N) is 3. The van der Waals surface area contributed by atoms with Crippen LogP contribution in [0.4, 0.5) is 4.39 Å². The molecule has 0 fully saturated rings. The largest absolute Gasteiger partial charge is 0.435 e. The molecule has 150 valence electrons. The zero-order valence-corrected chi connectivity index (χ0v) is 16.9. The van der Waals surface area contributed by atoms with Gasteiger partial charge in [-0.2, -0.15) is 5.10 Å². The summed E-state index contributed by atoms with van der Waals surface area (Å²) < 4.78 is 21.1. The van der Waals surface area contributed by atoms with Crippen LogP contribution in [0, 0.1) is 5.82 Å². The molecule has 29 heavy (non-hydrogen) atoms. The summed E-state index contributed by atoms with van der Waals surface area (Å²) in [4.78, 5) is 16.7. The molecule has 0 radical (unpaired) electrons. The Kier molecular flexibility index (Phi) is 5.32. The van der Waals surface area contributed by atoms with E-state index in [4.69, 9.17) is 16.3 Å². The molecule has 0 atom stereocenters. The molecule has 6 nitrogen and oxygen atoms in total. The number of halogens is 2. The van der Waals surface area contributed by atoms with E-state index in [1.165, 1.54) is 12.3 Å². The number of hydrogen-bond acceptors (Lipinski definition) is 5. The van der Waals surface area contributed by atoms with Gasteiger partial charge in [0.05, 0.1) is 6.20 Å². The van der Waals surface area contributed by atoms with Gasteiger partial charge in [-0.25, -0.2) is 9.37 Å². The van der Waals surface area contributed by atoms with Crippen molar-refractivity contribution in [1.82, 2.24) is 20.5 Å². The van der Waals surface area contributed by atoms with Crippen molar-refractivity contribution < 1.29 is 13.9 Å². The van der Waals surface area contributed by atoms with Crippen molar-refractivity contribution in [2.45, 2.75) is 39.5 Å². The van der Waals surface area contributed by atoms with E-state index in [1.54, 1.807) is 6.20 Å². The van der Waals surface area contributed by atoms with Gasteiger partial charge in [0.2, 0.25) is 0 Å². The molecule has 2 aliphatic rings. The van der Waals surface area contributed by atoms with Gasteiger partial charge in [0.25, 0.3) is 11.8 Å². The van der Waals surface area contributed by atoms with E-state index in [1.807, 2.05) is 13.8 Å². The summed E-state index contributed by atoms with van der Waals surface area (Å²) in [6.45, 7) is 4.58. The van der Waals surface area contributed by atoms with Gasteiger partial charge in [0.15, 0.2) is 16.7 Å². The number of allylic oxidation sites excluding steroid dienone is 1. The molecular formula is C21H20ClFN4O2. The lowest BCUT2D eigenvalue weighted by molar-refractivity contribution is -0.117. The Hall–Kier alpha value is -2.80. The predicted octanol–water partition coefficient (Wildman–Crippen LogP) is 4.40. The van der Waals surface area contributed by atoms with Crippen LogP contribution in [0.25, 0.3) is 5.57 Å². The SMILES string of the molecule is CCC1=C(C2=C(C)CCNC2=O)CCc2cnc(Oc3cnnc(Cl)c3)c(F)c21. The second-order valence-electron chi connectivity index (χ2n) is 7.07. The molecular weight excluding hydrogens is 395 g/mol. The topological polar surface area (TPSA) is 77.0 Å². The third-order valence-electron chi connectivity index (χ3n) is 5.29. The number of rotatable bonds is 4. The van der Waals surface area contributed by atoms with Gasteiger partial charge < -0.3 is 10.1 Å². The van der Waals surface area contributed by atoms with Crippen molar-refractivity contribution in [2.75, 3.05) is 6.54 Å². The molecule has 3 heterocycles. The number of aromatic nitrogens is 3. The van der Waals surface area contributed by atoms with Crippen LogP contribution in [-0.4, -0.2) is 27.6 Å². The fraction of sp³-hybridized carbons (Fsp3) is 0.333. The van der Waals surface area contributed by atoms with Gasteiger partial charge in [-0.1, -0.05) is 24.1 Å². The highest BCUT2D eigenvalue weighted by molar-refractivity contribution is 6.29. The number of hydrogen-bond donors (Lipinski definition) is 1. The third-order valence-corrected chi connectivity index (χ3v) is 5.47. The highest BCUT2D eigenvalue weighted by atomic mass is 35.5. The molecule has 0 unspecified atom stereocenters. The number of ether oxygens (including phenoxy) is 1. The normalized spacial score (nSPS) is 16.6. The van der Waals surface area contributed by atoms with Crippen LogP contribution in [0.1, 0.15) is 44.2 Å². The Morgan fingerprint density at radius 3 is 2.83 bits per heavy atom. The summed E-state index contributed by atoms with van der Waals surface area (Å²) >= 11 is 5.83. The first-order valence-corrected chi connectivity index (χ1v) is 9.91. The molecule has 1 aliphatic carbocycles. The first kappa shape index (κ1) is 19.5. The standard InChI is InChI=1S/C21H20ClFN4O2/c1-3-14-15(17-11(2)6-7-24-20(17)28)5-4-12-9-25-21(19(23)18(12)14)29-13-8-16(22)27-26-10-13/h8-10H,3-7H2,1-2H3,(H,24,28). The molecule has 2 aromatic rings. The van der Waals surface area contributed by atoms with Crippen LogP contribution in [0.2, 0.25) is 5.15 Å². The summed E-state index contributed by atoms with van der Waals surface area (Å²) in [6.07, 6.45) is 5.67. The molecule has 0 aromatic carbocycles. The molecule has 0 spiro atoms. The van der Waals surface area contributed by atoms with Gasteiger partial charge in [0.1, 0.15) is 0 Å². The Labute approximate surface area is 172 Å². The zero-order chi connectivity index (χ0) is 20.5. The number of amides is 1. The minimum absolute atomic E-state index is 0.0819. The highest BCUT2D eigenvalue weighted by Gasteiger charge is 2.30. The molecule has 1 aliphatic heterocycles. The van der Waals surface area contributed by atoms with Crippen molar-refractivity contribution in [3.63, 3.8) is 0 Å². The van der Waals surface area contributed by atoms with Gasteiger partial charge in [-0.15, -0.1) is 5.10 Å². The van der Waals surface area contributed by atoms with Gasteiger partial charge in [-0.05, 0) is 49.3 Å². The van der Waals surface area contributed by atoms with Crippen LogP contribution in [0.3, 0.4) is 0 Å². The molecule has 2 aromatic heterocycles. The lowest BCUT2D eigenvalue weighted by Crippen LogP contribution is -2.32. The Balaban J connectivity index is 1.82. The molecule has 0 saturated heterocycles. The summed E-state index contributed by atoms with van der Waals surface area (Å²) in [5, 5.41) is 10.4. The maximum absolute atomic E-state index is 15.5. The molecule has 0 saturated carbocycles. The smallest absolute Gasteiger partial charge is 0.256 e. The van der Waals surface area contributed by atoms with Crippen LogP contribution >= 0.6 is 11.6 Å². The van der Waals surface area contributed by atoms with Crippen LogP contribution in [0.5, 0.6) is 11.6 Å². The number of aryl methyl sites for hydroxylation is 1. The van der Waals surface area contributed by atoms with E-state index in [0.717, 1.165) is 28.7 Å². The van der Waals surface area contributed by atoms with E-state index in [2.05, 4.69) is 20.5 Å². The maximum atomic E-state index is 15.5. The van der Waals surface area contributed by atoms with E-state index in [9.17, 15) is 4.79 Å². The van der Waals surface area contributed by atoms with Crippen molar-refractivity contribution in [1.29, 1.82) is 0 Å². The third kappa shape index (κ3) is 3.62. The van der Waals surface area contributed by atoms with Crippen molar-refractivity contribution in [3.05, 3.63) is 57.3 Å². The Morgan fingerprint density at radius 1 is 1.28 bits per heavy atom. The summed E-state index contributed by atoms with van der Waals surface area (Å²) in [7, 11) is 0. The fourth-order valence-electron chi connectivity index (χ4n) is 3.98. The number of carbonyl (C=O) groups is 1. The van der Waals surface area contributed by atoms with E-state index < -0.39 is 5.82 Å². The van der Waals surface area contributed by atoms with Crippen molar-refractivity contribution >= 4 is 23.1 Å². The van der Waals surface area contributed by atoms with E-state index in [0.29, 0.717) is 36.9 Å². The Bertz CT molecular complexity index is 1060. The first-order valence-electron chi connectivity index (χ1n) is 9.53. The molecule has 0 bridgehead atoms. The quantitative estimate of drug-likeness (QED) is 0.802. The predicted molar refractivity (Wildman–Crippen MR) is 107 cm³/mol. The summed E-state index contributed by atoms with van der Waals surface area (Å²) in [5.41, 5.74) is 4.78. The minimum Gasteiger partial charge on any atom is -0.435 e. The molecule has 4 rings (SSSR count). The second kappa shape index (κ2) is 7.91. The van der Waals surface area contributed by atoms with Crippen LogP contribution in [-0.2, 0) is 11.2 Å². The summed E-state index contributed by atoms with van der Waals surface area (Å²) in [5.74, 6) is -0.529. The van der Waals surface area contributed by atoms with Gasteiger partial charge in [-0.3, -0.25) is 4.79 Å². The maximum Gasteiger partial charge on any atom is 0.256 e. The van der Waals surface area contributed by atoms with Crippen molar-refractivity contribution in [2.24, 2.45) is 0 Å². The fourth-order valence-corrected chi connectivity index (χ4v) is 4.13. The number of pyridine rings is 1. The average Bonchev–Trinajstić information content (AvgIpc) is 2.70. The molecule has 1 N–H and O–H groups in total. The first-order chi connectivity index (χ1) is 14.0. The Morgan fingerprint density at radius 2 is 2.10 bits per heavy atom. The van der Waals surface area contributed by atoms with E-state index >= 15 is 4.39 Å². The minimum atomic E-state index is -0.543. The number of fused-ring (bicyclic) bond motifs is 1. The van der Waals surface area contributed by atoms with Gasteiger partial charge >= 0.3 is 0 Å². The number of carbonyl (C=O) groups excluding carboxylic acids is 1. The summed E-state index contributed by atoms with van der Waals surface area (Å²) in [6, 6.07) is 1.44.